The fraction of sp³-hybridized carbons (Fsp3) is 0.917. The molecule has 2 fully saturated rings. The molecule has 2 rings (SSSR count). The molecule has 0 aromatic carbocycles. The first kappa shape index (κ1) is 12.7. The van der Waals surface area contributed by atoms with Gasteiger partial charge in [-0.15, -0.1) is 0 Å². The first-order chi connectivity index (χ1) is 7.86. The van der Waals surface area contributed by atoms with Gasteiger partial charge in [-0.1, -0.05) is 43.2 Å². The van der Waals surface area contributed by atoms with Crippen LogP contribution in [0.25, 0.3) is 0 Å². The van der Waals surface area contributed by atoms with Crippen LogP contribution in [0.15, 0.2) is 0 Å². The van der Waals surface area contributed by atoms with E-state index in [9.17, 15) is 0 Å². The highest BCUT2D eigenvalue weighted by molar-refractivity contribution is 8.22. The summed E-state index contributed by atoms with van der Waals surface area (Å²) in [4.78, 5) is 2.36. The van der Waals surface area contributed by atoms with Crippen molar-refractivity contribution in [1.29, 1.82) is 0 Å². The van der Waals surface area contributed by atoms with E-state index in [0.717, 1.165) is 36.4 Å². The van der Waals surface area contributed by atoms with Crippen molar-refractivity contribution in [2.45, 2.75) is 32.1 Å². The molecular weight excluding hydrogens is 236 g/mol. The monoisotopic (exact) mass is 258 g/mol. The molecule has 1 aliphatic heterocycles. The highest BCUT2D eigenvalue weighted by Crippen LogP contribution is 2.27. The van der Waals surface area contributed by atoms with Crippen LogP contribution in [0.4, 0.5) is 0 Å². The van der Waals surface area contributed by atoms with E-state index in [0.29, 0.717) is 0 Å². The Kier molecular flexibility index (Phi) is 5.39. The summed E-state index contributed by atoms with van der Waals surface area (Å²) in [5.74, 6) is 2.18. The van der Waals surface area contributed by atoms with Gasteiger partial charge in [0.15, 0.2) is 0 Å². The molecule has 0 unspecified atom stereocenters. The van der Waals surface area contributed by atoms with Gasteiger partial charge in [0.25, 0.3) is 0 Å². The van der Waals surface area contributed by atoms with Crippen LogP contribution in [0.5, 0.6) is 0 Å². The molecule has 1 saturated heterocycles. The van der Waals surface area contributed by atoms with Crippen molar-refractivity contribution < 1.29 is 0 Å². The molecule has 1 aliphatic carbocycles. The summed E-state index contributed by atoms with van der Waals surface area (Å²) in [6.07, 6.45) is 7.18. The van der Waals surface area contributed by atoms with Crippen LogP contribution in [-0.4, -0.2) is 41.2 Å². The lowest BCUT2D eigenvalue weighted by Crippen LogP contribution is -2.45. The van der Waals surface area contributed by atoms with E-state index in [2.05, 4.69) is 10.2 Å². The lowest BCUT2D eigenvalue weighted by molar-refractivity contribution is 0.367. The van der Waals surface area contributed by atoms with E-state index >= 15 is 0 Å². The molecule has 0 amide bonds. The van der Waals surface area contributed by atoms with Gasteiger partial charge in [-0.05, 0) is 18.8 Å². The zero-order valence-electron chi connectivity index (χ0n) is 9.91. The van der Waals surface area contributed by atoms with E-state index in [4.69, 9.17) is 12.2 Å². The van der Waals surface area contributed by atoms with Crippen LogP contribution in [0.3, 0.4) is 0 Å². The lowest BCUT2D eigenvalue weighted by atomic mass is 9.91. The van der Waals surface area contributed by atoms with Gasteiger partial charge in [0.2, 0.25) is 0 Å². The van der Waals surface area contributed by atoms with Gasteiger partial charge in [0, 0.05) is 31.9 Å². The second-order valence-electron chi connectivity index (χ2n) is 4.82. The Hall–Kier alpha value is 0.200. The molecular formula is C12H22N2S2. The van der Waals surface area contributed by atoms with Crippen LogP contribution < -0.4 is 5.32 Å². The Balaban J connectivity index is 1.65. The smallest absolute Gasteiger partial charge is 0.136 e. The van der Waals surface area contributed by atoms with Crippen molar-refractivity contribution in [1.82, 2.24) is 10.2 Å². The maximum absolute atomic E-state index is 5.50. The third kappa shape index (κ3) is 3.90. The number of rotatable bonds is 2. The van der Waals surface area contributed by atoms with Gasteiger partial charge >= 0.3 is 0 Å². The van der Waals surface area contributed by atoms with Crippen molar-refractivity contribution in [3.05, 3.63) is 0 Å². The first-order valence-corrected chi connectivity index (χ1v) is 7.88. The van der Waals surface area contributed by atoms with Crippen molar-refractivity contribution in [3.63, 3.8) is 0 Å². The second-order valence-corrected chi connectivity index (χ2v) is 6.47. The first-order valence-electron chi connectivity index (χ1n) is 6.48. The second kappa shape index (κ2) is 6.82. The van der Waals surface area contributed by atoms with Crippen LogP contribution in [0.1, 0.15) is 32.1 Å². The Labute approximate surface area is 109 Å². The lowest BCUT2D eigenvalue weighted by Gasteiger charge is -2.30. The number of hydrogen-bond donors (Lipinski definition) is 1. The van der Waals surface area contributed by atoms with Gasteiger partial charge in [0.05, 0.1) is 0 Å². The van der Waals surface area contributed by atoms with Gasteiger partial charge < -0.3 is 10.2 Å². The number of thiocarbonyl (C=S) groups is 1. The van der Waals surface area contributed by atoms with Crippen LogP contribution >= 0.6 is 24.0 Å². The Morgan fingerprint density at radius 1 is 1.19 bits per heavy atom. The normalized spacial score (nSPS) is 23.4. The summed E-state index contributed by atoms with van der Waals surface area (Å²) < 4.78 is 1.13. The number of thioether (sulfide) groups is 1. The maximum atomic E-state index is 5.50. The molecule has 1 saturated carbocycles. The molecule has 0 radical (unpaired) electrons. The fourth-order valence-electron chi connectivity index (χ4n) is 2.48. The summed E-state index contributed by atoms with van der Waals surface area (Å²) in [5.41, 5.74) is 0. The summed E-state index contributed by atoms with van der Waals surface area (Å²) in [6, 6.07) is 0. The topological polar surface area (TPSA) is 15.3 Å². The fourth-order valence-corrected chi connectivity index (χ4v) is 3.95. The van der Waals surface area contributed by atoms with Crippen LogP contribution in [-0.2, 0) is 0 Å². The molecule has 4 heteroatoms. The molecule has 2 aliphatic rings. The van der Waals surface area contributed by atoms with E-state index < -0.39 is 0 Å². The Bertz CT molecular complexity index is 221. The zero-order chi connectivity index (χ0) is 11.2. The molecule has 16 heavy (non-hydrogen) atoms. The molecule has 0 aromatic heterocycles. The Morgan fingerprint density at radius 2 is 1.88 bits per heavy atom. The maximum Gasteiger partial charge on any atom is 0.136 e. The van der Waals surface area contributed by atoms with Crippen molar-refractivity contribution in [3.8, 4) is 0 Å². The van der Waals surface area contributed by atoms with Gasteiger partial charge in [-0.3, -0.25) is 0 Å². The van der Waals surface area contributed by atoms with Gasteiger partial charge in [-0.25, -0.2) is 0 Å². The van der Waals surface area contributed by atoms with Gasteiger partial charge in [-0.2, -0.15) is 0 Å². The molecule has 0 aromatic rings. The largest absolute Gasteiger partial charge is 0.355 e. The molecule has 0 spiro atoms. The average molecular weight is 258 g/mol. The minimum Gasteiger partial charge on any atom is -0.355 e. The molecule has 1 heterocycles. The van der Waals surface area contributed by atoms with Crippen molar-refractivity contribution >= 4 is 28.3 Å². The van der Waals surface area contributed by atoms with Crippen molar-refractivity contribution in [2.75, 3.05) is 31.9 Å². The molecule has 1 N–H and O–H groups in total. The summed E-state index contributed by atoms with van der Waals surface area (Å²) >= 11 is 7.42. The number of nitrogens with zero attached hydrogens (tertiary/aromatic N) is 1. The molecule has 0 atom stereocenters. The summed E-state index contributed by atoms with van der Waals surface area (Å²) in [6.45, 7) is 4.36. The third-order valence-corrected chi connectivity index (χ3v) is 5.30. The summed E-state index contributed by atoms with van der Waals surface area (Å²) in [7, 11) is 0. The SMILES string of the molecule is S=C(SCC1CCCCC1)N1CCNCC1. The quantitative estimate of drug-likeness (QED) is 0.765. The van der Waals surface area contributed by atoms with E-state index in [-0.39, 0.29) is 0 Å². The highest BCUT2D eigenvalue weighted by atomic mass is 32.2. The van der Waals surface area contributed by atoms with Gasteiger partial charge in [0.1, 0.15) is 4.32 Å². The zero-order valence-corrected chi connectivity index (χ0v) is 11.5. The standard InChI is InChI=1S/C12H22N2S2/c15-12(14-8-6-13-7-9-14)16-10-11-4-2-1-3-5-11/h11,13H,1-10H2. The van der Waals surface area contributed by atoms with Crippen LogP contribution in [0.2, 0.25) is 0 Å². The number of nitrogens with one attached hydrogen (secondary N) is 1. The Morgan fingerprint density at radius 3 is 2.56 bits per heavy atom. The predicted octanol–water partition coefficient (Wildman–Crippen LogP) is 2.49. The third-order valence-electron chi connectivity index (χ3n) is 3.54. The average Bonchev–Trinajstić information content (AvgIpc) is 2.38. The minimum absolute atomic E-state index is 0.930. The van der Waals surface area contributed by atoms with E-state index in [1.165, 1.54) is 37.9 Å². The minimum atomic E-state index is 0.930. The summed E-state index contributed by atoms with van der Waals surface area (Å²) in [5, 5.41) is 3.36. The predicted molar refractivity (Wildman–Crippen MR) is 76.1 cm³/mol. The number of hydrogen-bond acceptors (Lipinski definition) is 3. The van der Waals surface area contributed by atoms with Crippen LogP contribution in [0, 0.1) is 5.92 Å². The van der Waals surface area contributed by atoms with E-state index in [1.54, 1.807) is 0 Å². The van der Waals surface area contributed by atoms with E-state index in [1.807, 2.05) is 11.8 Å². The molecule has 92 valence electrons. The molecule has 0 bridgehead atoms. The highest BCUT2D eigenvalue weighted by Gasteiger charge is 2.17. The molecule has 2 nitrogen and oxygen atoms in total. The number of piperazine rings is 1. The van der Waals surface area contributed by atoms with Crippen molar-refractivity contribution in [2.24, 2.45) is 5.92 Å².